The van der Waals surface area contributed by atoms with Crippen LogP contribution < -0.4 is 4.74 Å². The van der Waals surface area contributed by atoms with Gasteiger partial charge in [-0.2, -0.15) is 18.3 Å². The van der Waals surface area contributed by atoms with E-state index in [1.54, 1.807) is 19.1 Å². The van der Waals surface area contributed by atoms with Crippen LogP contribution in [0.2, 0.25) is 0 Å². The van der Waals surface area contributed by atoms with Crippen molar-refractivity contribution in [2.45, 2.75) is 13.1 Å². The third-order valence-electron chi connectivity index (χ3n) is 3.48. The zero-order valence-electron chi connectivity index (χ0n) is 12.2. The number of rotatable bonds is 2. The highest BCUT2D eigenvalue weighted by Gasteiger charge is 2.33. The minimum absolute atomic E-state index is 0.0850. The van der Waals surface area contributed by atoms with E-state index in [2.05, 4.69) is 10.1 Å². The molecule has 2 aromatic heterocycles. The molecule has 23 heavy (non-hydrogen) atoms. The zero-order chi connectivity index (χ0) is 16.8. The van der Waals surface area contributed by atoms with Crippen LogP contribution in [-0.2, 0) is 6.18 Å². The normalized spacial score (nSPS) is 11.9. The van der Waals surface area contributed by atoms with Crippen LogP contribution in [0.15, 0.2) is 30.5 Å². The van der Waals surface area contributed by atoms with Crippen molar-refractivity contribution in [1.82, 2.24) is 14.8 Å². The maximum atomic E-state index is 12.6. The Morgan fingerprint density at radius 1 is 1.22 bits per heavy atom. The number of methoxy groups -OCH3 is 1. The van der Waals surface area contributed by atoms with Gasteiger partial charge < -0.3 is 9.84 Å². The molecule has 8 heteroatoms. The summed E-state index contributed by atoms with van der Waals surface area (Å²) in [6.45, 7) is 1.75. The lowest BCUT2D eigenvalue weighted by atomic mass is 10.1. The number of alkyl halides is 3. The second-order valence-corrected chi connectivity index (χ2v) is 4.93. The lowest BCUT2D eigenvalue weighted by Crippen LogP contribution is -2.08. The van der Waals surface area contributed by atoms with Gasteiger partial charge in [-0.15, -0.1) is 0 Å². The first kappa shape index (κ1) is 15.1. The molecule has 2 heterocycles. The fraction of sp³-hybridized carbons (Fsp3) is 0.200. The molecule has 5 nitrogen and oxygen atoms in total. The maximum absolute atomic E-state index is 12.6. The van der Waals surface area contributed by atoms with E-state index in [-0.39, 0.29) is 11.6 Å². The van der Waals surface area contributed by atoms with Crippen LogP contribution in [0.25, 0.3) is 16.7 Å². The standard InChI is InChI=1S/C15H12F3N3O2/c1-8-11(23-2)4-3-9-10(22)7-13(19-14(8)9)21-6-5-12(20-21)15(16,17)18/h3-7H,1-2H3,(H,19,22). The molecule has 0 saturated carbocycles. The number of halogens is 3. The van der Waals surface area contributed by atoms with Gasteiger partial charge in [-0.05, 0) is 25.1 Å². The van der Waals surface area contributed by atoms with Gasteiger partial charge in [0.25, 0.3) is 0 Å². The molecule has 120 valence electrons. The van der Waals surface area contributed by atoms with Gasteiger partial charge in [-0.3, -0.25) is 0 Å². The molecule has 0 amide bonds. The van der Waals surface area contributed by atoms with Gasteiger partial charge in [-0.1, -0.05) is 0 Å². The third-order valence-corrected chi connectivity index (χ3v) is 3.48. The summed E-state index contributed by atoms with van der Waals surface area (Å²) < 4.78 is 44.1. The average molecular weight is 323 g/mol. The number of aromatic hydroxyl groups is 1. The second kappa shape index (κ2) is 5.15. The molecule has 3 aromatic rings. The topological polar surface area (TPSA) is 60.2 Å². The minimum atomic E-state index is -4.54. The summed E-state index contributed by atoms with van der Waals surface area (Å²) in [5.41, 5.74) is 0.0787. The summed E-state index contributed by atoms with van der Waals surface area (Å²) in [5.74, 6) is 0.555. The predicted molar refractivity (Wildman–Crippen MR) is 76.8 cm³/mol. The number of aromatic nitrogens is 3. The van der Waals surface area contributed by atoms with Crippen LogP contribution in [0, 0.1) is 6.92 Å². The van der Waals surface area contributed by atoms with Crippen molar-refractivity contribution in [3.8, 4) is 17.3 Å². The van der Waals surface area contributed by atoms with E-state index in [4.69, 9.17) is 4.74 Å². The molecular formula is C15H12F3N3O2. The highest BCUT2D eigenvalue weighted by Crippen LogP contribution is 2.33. The van der Waals surface area contributed by atoms with Crippen LogP contribution in [0.5, 0.6) is 11.5 Å². The quantitative estimate of drug-likeness (QED) is 0.784. The molecule has 1 N–H and O–H groups in total. The van der Waals surface area contributed by atoms with Gasteiger partial charge in [0, 0.05) is 23.2 Å². The molecule has 0 aliphatic heterocycles. The van der Waals surface area contributed by atoms with Gasteiger partial charge >= 0.3 is 6.18 Å². The number of benzene rings is 1. The van der Waals surface area contributed by atoms with Gasteiger partial charge in [0.1, 0.15) is 11.5 Å². The Kier molecular flexibility index (Phi) is 3.39. The molecule has 3 rings (SSSR count). The monoisotopic (exact) mass is 323 g/mol. The summed E-state index contributed by atoms with van der Waals surface area (Å²) in [6.07, 6.45) is -3.39. The lowest BCUT2D eigenvalue weighted by molar-refractivity contribution is -0.141. The van der Waals surface area contributed by atoms with Gasteiger partial charge in [0.2, 0.25) is 0 Å². The van der Waals surface area contributed by atoms with Gasteiger partial charge in [-0.25, -0.2) is 9.67 Å². The smallest absolute Gasteiger partial charge is 0.435 e. The van der Waals surface area contributed by atoms with Crippen LogP contribution in [0.4, 0.5) is 13.2 Å². The van der Waals surface area contributed by atoms with E-state index in [0.29, 0.717) is 22.2 Å². The summed E-state index contributed by atoms with van der Waals surface area (Å²) in [7, 11) is 1.50. The number of ether oxygens (including phenoxy) is 1. The fourth-order valence-electron chi connectivity index (χ4n) is 2.32. The lowest BCUT2D eigenvalue weighted by Gasteiger charge is -2.10. The maximum Gasteiger partial charge on any atom is 0.435 e. The van der Waals surface area contributed by atoms with Crippen molar-refractivity contribution < 1.29 is 23.0 Å². The van der Waals surface area contributed by atoms with E-state index in [9.17, 15) is 18.3 Å². The summed E-state index contributed by atoms with van der Waals surface area (Å²) >= 11 is 0. The Labute approximate surface area is 128 Å². The van der Waals surface area contributed by atoms with Crippen molar-refractivity contribution in [3.05, 3.63) is 41.7 Å². The Morgan fingerprint density at radius 3 is 2.57 bits per heavy atom. The Morgan fingerprint density at radius 2 is 1.96 bits per heavy atom. The molecule has 0 bridgehead atoms. The van der Waals surface area contributed by atoms with Crippen molar-refractivity contribution >= 4 is 10.9 Å². The minimum Gasteiger partial charge on any atom is -0.507 e. The molecule has 0 unspecified atom stereocenters. The highest BCUT2D eigenvalue weighted by molar-refractivity contribution is 5.89. The summed E-state index contributed by atoms with van der Waals surface area (Å²) in [4.78, 5) is 4.30. The number of fused-ring (bicyclic) bond motifs is 1. The molecule has 0 saturated heterocycles. The number of hydrogen-bond acceptors (Lipinski definition) is 4. The third kappa shape index (κ3) is 2.56. The van der Waals surface area contributed by atoms with E-state index in [1.165, 1.54) is 13.2 Å². The number of pyridine rings is 1. The Hall–Kier alpha value is -2.77. The highest BCUT2D eigenvalue weighted by atomic mass is 19.4. The van der Waals surface area contributed by atoms with Crippen molar-refractivity contribution in [1.29, 1.82) is 0 Å². The Bertz CT molecular complexity index is 888. The van der Waals surface area contributed by atoms with E-state index < -0.39 is 11.9 Å². The molecule has 0 aliphatic rings. The Balaban J connectivity index is 2.19. The predicted octanol–water partition coefficient (Wildman–Crippen LogP) is 3.46. The molecule has 0 radical (unpaired) electrons. The number of aryl methyl sites for hydroxylation is 1. The zero-order valence-corrected chi connectivity index (χ0v) is 12.2. The summed E-state index contributed by atoms with van der Waals surface area (Å²) in [5, 5.41) is 14.1. The van der Waals surface area contributed by atoms with Crippen molar-refractivity contribution in [2.24, 2.45) is 0 Å². The number of hydrogen-bond donors (Lipinski definition) is 1. The van der Waals surface area contributed by atoms with Gasteiger partial charge in [0.15, 0.2) is 11.5 Å². The molecule has 1 aromatic carbocycles. The first-order chi connectivity index (χ1) is 10.8. The second-order valence-electron chi connectivity index (χ2n) is 4.93. The van der Waals surface area contributed by atoms with Gasteiger partial charge in [0.05, 0.1) is 12.6 Å². The molecular weight excluding hydrogens is 311 g/mol. The first-order valence-electron chi connectivity index (χ1n) is 6.62. The first-order valence-corrected chi connectivity index (χ1v) is 6.62. The molecule has 0 fully saturated rings. The van der Waals surface area contributed by atoms with E-state index in [1.807, 2.05) is 0 Å². The molecule has 0 spiro atoms. The van der Waals surface area contributed by atoms with E-state index in [0.717, 1.165) is 16.9 Å². The van der Waals surface area contributed by atoms with Crippen molar-refractivity contribution in [3.63, 3.8) is 0 Å². The number of nitrogens with zero attached hydrogens (tertiary/aromatic N) is 3. The van der Waals surface area contributed by atoms with Crippen LogP contribution in [0.3, 0.4) is 0 Å². The molecule has 0 aliphatic carbocycles. The SMILES string of the molecule is COc1ccc2c(O)cc(-n3ccc(C(F)(F)F)n3)nc2c1C. The molecule has 0 atom stereocenters. The van der Waals surface area contributed by atoms with Crippen LogP contribution in [-0.4, -0.2) is 27.0 Å². The van der Waals surface area contributed by atoms with Crippen molar-refractivity contribution in [2.75, 3.05) is 7.11 Å². The average Bonchev–Trinajstić information content (AvgIpc) is 2.98. The van der Waals surface area contributed by atoms with Crippen LogP contribution >= 0.6 is 0 Å². The van der Waals surface area contributed by atoms with E-state index >= 15 is 0 Å². The largest absolute Gasteiger partial charge is 0.507 e. The fourth-order valence-corrected chi connectivity index (χ4v) is 2.32. The summed E-state index contributed by atoms with van der Waals surface area (Å²) in [6, 6.07) is 5.44. The van der Waals surface area contributed by atoms with Crippen LogP contribution in [0.1, 0.15) is 11.3 Å².